The topological polar surface area (TPSA) is 22.4 Å². The van der Waals surface area contributed by atoms with Crippen LogP contribution in [0.1, 0.15) is 41.3 Å². The van der Waals surface area contributed by atoms with Crippen molar-refractivity contribution in [2.75, 3.05) is 0 Å². The highest BCUT2D eigenvalue weighted by Crippen LogP contribution is 2.35. The summed E-state index contributed by atoms with van der Waals surface area (Å²) in [6.45, 7) is 8.01. The number of alkyl halides is 1. The van der Waals surface area contributed by atoms with Gasteiger partial charge in [-0.15, -0.1) is 0 Å². The number of aryl methyl sites for hydroxylation is 2. The minimum atomic E-state index is 0.151. The summed E-state index contributed by atoms with van der Waals surface area (Å²) >= 11 is 3.73. The second kappa shape index (κ2) is 5.83. The fourth-order valence-corrected chi connectivity index (χ4v) is 2.83. The quantitative estimate of drug-likeness (QED) is 0.725. The first-order valence-corrected chi connectivity index (χ1v) is 7.36. The van der Waals surface area contributed by atoms with E-state index in [1.54, 1.807) is 0 Å². The Morgan fingerprint density at radius 3 is 2.21 bits per heavy atom. The molecule has 2 aromatic rings. The summed E-state index contributed by atoms with van der Waals surface area (Å²) in [5.41, 5.74) is 2.37. The number of ether oxygens (including phenoxy) is 1. The van der Waals surface area contributed by atoms with Gasteiger partial charge >= 0.3 is 0 Å². The Morgan fingerprint density at radius 2 is 1.74 bits per heavy atom. The zero-order valence-electron chi connectivity index (χ0n) is 11.7. The van der Waals surface area contributed by atoms with Crippen molar-refractivity contribution < 1.29 is 9.15 Å². The van der Waals surface area contributed by atoms with Crippen LogP contribution in [0.2, 0.25) is 0 Å². The van der Waals surface area contributed by atoms with E-state index in [2.05, 4.69) is 34.1 Å². The Labute approximate surface area is 122 Å². The first-order valence-electron chi connectivity index (χ1n) is 6.45. The summed E-state index contributed by atoms with van der Waals surface area (Å²) in [5, 5.41) is 0. The summed E-state index contributed by atoms with van der Waals surface area (Å²) in [5.74, 6) is 2.80. The van der Waals surface area contributed by atoms with Crippen LogP contribution >= 0.6 is 15.9 Å². The molecule has 0 aliphatic rings. The van der Waals surface area contributed by atoms with Crippen LogP contribution in [0.15, 0.2) is 34.7 Å². The molecule has 0 radical (unpaired) electrons. The van der Waals surface area contributed by atoms with E-state index in [4.69, 9.17) is 9.15 Å². The maximum Gasteiger partial charge on any atom is 0.119 e. The highest BCUT2D eigenvalue weighted by Gasteiger charge is 2.16. The number of hydrogen-bond acceptors (Lipinski definition) is 2. The third-order valence-corrected chi connectivity index (χ3v) is 3.92. The van der Waals surface area contributed by atoms with Crippen molar-refractivity contribution >= 4 is 15.9 Å². The highest BCUT2D eigenvalue weighted by atomic mass is 79.9. The number of furan rings is 1. The van der Waals surface area contributed by atoms with E-state index in [-0.39, 0.29) is 10.9 Å². The molecule has 0 spiro atoms. The van der Waals surface area contributed by atoms with Gasteiger partial charge in [0.15, 0.2) is 0 Å². The lowest BCUT2D eigenvalue weighted by atomic mass is 10.1. The Morgan fingerprint density at radius 1 is 1.11 bits per heavy atom. The molecule has 0 saturated carbocycles. The maximum atomic E-state index is 5.65. The third-order valence-electron chi connectivity index (χ3n) is 2.90. The molecule has 2 nitrogen and oxygen atoms in total. The highest BCUT2D eigenvalue weighted by molar-refractivity contribution is 9.09. The van der Waals surface area contributed by atoms with E-state index in [9.17, 15) is 0 Å². The lowest BCUT2D eigenvalue weighted by molar-refractivity contribution is 0.242. The molecule has 19 heavy (non-hydrogen) atoms. The van der Waals surface area contributed by atoms with E-state index < -0.39 is 0 Å². The van der Waals surface area contributed by atoms with Crippen LogP contribution in [0, 0.1) is 13.8 Å². The first kappa shape index (κ1) is 14.2. The number of rotatable bonds is 4. The van der Waals surface area contributed by atoms with Crippen molar-refractivity contribution in [1.82, 2.24) is 0 Å². The second-order valence-electron chi connectivity index (χ2n) is 4.97. The average Bonchev–Trinajstić information content (AvgIpc) is 2.68. The van der Waals surface area contributed by atoms with E-state index >= 15 is 0 Å². The molecule has 0 saturated heterocycles. The number of halogens is 1. The molecule has 0 fully saturated rings. The monoisotopic (exact) mass is 322 g/mol. The van der Waals surface area contributed by atoms with Gasteiger partial charge in [-0.05, 0) is 51.5 Å². The van der Waals surface area contributed by atoms with Crippen molar-refractivity contribution in [2.24, 2.45) is 0 Å². The molecule has 102 valence electrons. The molecule has 1 unspecified atom stereocenters. The first-order chi connectivity index (χ1) is 8.97. The zero-order valence-corrected chi connectivity index (χ0v) is 13.3. The van der Waals surface area contributed by atoms with Gasteiger partial charge in [0.05, 0.1) is 10.9 Å². The summed E-state index contributed by atoms with van der Waals surface area (Å²) in [4.78, 5) is 0.151. The van der Waals surface area contributed by atoms with Gasteiger partial charge < -0.3 is 9.15 Å². The van der Waals surface area contributed by atoms with E-state index in [0.717, 1.165) is 17.3 Å². The maximum absolute atomic E-state index is 5.65. The average molecular weight is 323 g/mol. The molecule has 3 heteroatoms. The minimum Gasteiger partial charge on any atom is -0.491 e. The van der Waals surface area contributed by atoms with Crippen LogP contribution in [0.25, 0.3) is 0 Å². The van der Waals surface area contributed by atoms with Crippen LogP contribution in [-0.2, 0) is 0 Å². The lowest BCUT2D eigenvalue weighted by Crippen LogP contribution is -2.05. The Kier molecular flexibility index (Phi) is 4.35. The van der Waals surface area contributed by atoms with Gasteiger partial charge in [-0.2, -0.15) is 0 Å². The van der Waals surface area contributed by atoms with Crippen LogP contribution in [0.5, 0.6) is 5.75 Å². The van der Waals surface area contributed by atoms with E-state index in [1.807, 2.05) is 39.8 Å². The van der Waals surface area contributed by atoms with Gasteiger partial charge in [0, 0.05) is 5.56 Å². The van der Waals surface area contributed by atoms with Crippen LogP contribution in [0.4, 0.5) is 0 Å². The molecule has 1 aromatic carbocycles. The normalized spacial score (nSPS) is 12.7. The van der Waals surface area contributed by atoms with Crippen molar-refractivity contribution in [3.05, 3.63) is 53.0 Å². The van der Waals surface area contributed by atoms with E-state index in [0.29, 0.717) is 0 Å². The van der Waals surface area contributed by atoms with Crippen LogP contribution in [0.3, 0.4) is 0 Å². The lowest BCUT2D eigenvalue weighted by Gasteiger charge is -2.12. The van der Waals surface area contributed by atoms with E-state index in [1.165, 1.54) is 11.1 Å². The molecular formula is C16H19BrO2. The molecule has 0 N–H and O–H groups in total. The van der Waals surface area contributed by atoms with Crippen molar-refractivity contribution in [3.8, 4) is 5.75 Å². The fraction of sp³-hybridized carbons (Fsp3) is 0.375. The molecule has 0 aliphatic carbocycles. The molecule has 0 amide bonds. The third kappa shape index (κ3) is 3.41. The molecule has 0 bridgehead atoms. The molecule has 1 heterocycles. The van der Waals surface area contributed by atoms with Gasteiger partial charge in [-0.3, -0.25) is 0 Å². The van der Waals surface area contributed by atoms with Gasteiger partial charge in [0.1, 0.15) is 17.3 Å². The summed E-state index contributed by atoms with van der Waals surface area (Å²) in [7, 11) is 0. The van der Waals surface area contributed by atoms with Gasteiger partial charge in [-0.25, -0.2) is 0 Å². The standard InChI is InChI=1S/C16H19BrO2/c1-10(2)18-14-7-5-13(6-8-14)16(17)15-9-11(3)19-12(15)4/h5-10,16H,1-4H3. The Bertz CT molecular complexity index is 540. The van der Waals surface area contributed by atoms with Crippen LogP contribution in [-0.4, -0.2) is 6.10 Å². The van der Waals surface area contributed by atoms with Crippen molar-refractivity contribution in [3.63, 3.8) is 0 Å². The van der Waals surface area contributed by atoms with Crippen molar-refractivity contribution in [1.29, 1.82) is 0 Å². The largest absolute Gasteiger partial charge is 0.491 e. The SMILES string of the molecule is Cc1cc(C(Br)c2ccc(OC(C)C)cc2)c(C)o1. The fourth-order valence-electron chi connectivity index (χ4n) is 2.07. The molecule has 1 atom stereocenters. The molecule has 2 rings (SSSR count). The number of hydrogen-bond donors (Lipinski definition) is 0. The molecular weight excluding hydrogens is 304 g/mol. The van der Waals surface area contributed by atoms with Gasteiger partial charge in [-0.1, -0.05) is 28.1 Å². The predicted molar refractivity (Wildman–Crippen MR) is 81.2 cm³/mol. The van der Waals surface area contributed by atoms with Crippen LogP contribution < -0.4 is 4.74 Å². The number of benzene rings is 1. The van der Waals surface area contributed by atoms with Gasteiger partial charge in [0.25, 0.3) is 0 Å². The minimum absolute atomic E-state index is 0.151. The molecule has 1 aromatic heterocycles. The summed E-state index contributed by atoms with van der Waals surface area (Å²) < 4.78 is 11.2. The van der Waals surface area contributed by atoms with Gasteiger partial charge in [0.2, 0.25) is 0 Å². The summed E-state index contributed by atoms with van der Waals surface area (Å²) in [6.07, 6.45) is 0.199. The second-order valence-corrected chi connectivity index (χ2v) is 5.88. The summed E-state index contributed by atoms with van der Waals surface area (Å²) in [6, 6.07) is 10.3. The molecule has 0 aliphatic heterocycles. The van der Waals surface area contributed by atoms with Crippen molar-refractivity contribution in [2.45, 2.75) is 38.6 Å². The smallest absolute Gasteiger partial charge is 0.119 e. The zero-order chi connectivity index (χ0) is 14.0. The predicted octanol–water partition coefficient (Wildman–Crippen LogP) is 5.17. The Balaban J connectivity index is 2.20. The Hall–Kier alpha value is -1.22.